The van der Waals surface area contributed by atoms with E-state index >= 15 is 0 Å². The van der Waals surface area contributed by atoms with E-state index in [4.69, 9.17) is 9.15 Å². The Hall–Kier alpha value is -1.82. The fourth-order valence-corrected chi connectivity index (χ4v) is 2.21. The summed E-state index contributed by atoms with van der Waals surface area (Å²) in [6, 6.07) is 3.31. The van der Waals surface area contributed by atoms with E-state index < -0.39 is 0 Å². The van der Waals surface area contributed by atoms with Crippen LogP contribution in [0.3, 0.4) is 0 Å². The smallest absolute Gasteiger partial charge is 0.287 e. The summed E-state index contributed by atoms with van der Waals surface area (Å²) in [5, 5.41) is 2.69. The molecule has 0 aromatic carbocycles. The topological polar surface area (TPSA) is 71.8 Å². The lowest BCUT2D eigenvalue weighted by Crippen LogP contribution is -2.32. The van der Waals surface area contributed by atoms with Crippen LogP contribution in [0.25, 0.3) is 0 Å². The molecule has 6 heteroatoms. The number of carbonyl (C=O) groups is 2. The summed E-state index contributed by atoms with van der Waals surface area (Å²) < 4.78 is 10.2. The molecule has 20 heavy (non-hydrogen) atoms. The van der Waals surface area contributed by atoms with Gasteiger partial charge in [-0.15, -0.1) is 0 Å². The number of ether oxygens (including phenoxy) is 1. The van der Waals surface area contributed by atoms with Crippen LogP contribution >= 0.6 is 0 Å². The lowest BCUT2D eigenvalue weighted by atomic mass is 10.3. The van der Waals surface area contributed by atoms with Crippen molar-refractivity contribution >= 4 is 11.8 Å². The summed E-state index contributed by atoms with van der Waals surface area (Å²) in [6.45, 7) is 2.34. The van der Waals surface area contributed by atoms with Gasteiger partial charge in [0.05, 0.1) is 0 Å². The quantitative estimate of drug-likeness (QED) is 0.849. The number of methoxy groups -OCH3 is 1. The molecule has 6 nitrogen and oxygen atoms in total. The molecular formula is C14H20N2O4. The number of amides is 2. The first-order valence-corrected chi connectivity index (χ1v) is 6.84. The van der Waals surface area contributed by atoms with Gasteiger partial charge in [-0.05, 0) is 25.0 Å². The Bertz CT molecular complexity index is 463. The van der Waals surface area contributed by atoms with Crippen molar-refractivity contribution in [1.29, 1.82) is 0 Å². The highest BCUT2D eigenvalue weighted by atomic mass is 16.5. The summed E-state index contributed by atoms with van der Waals surface area (Å²) in [6.07, 6.45) is 2.48. The van der Waals surface area contributed by atoms with Gasteiger partial charge in [-0.2, -0.15) is 0 Å². The molecule has 1 aliphatic rings. The SMILES string of the molecule is COCc1ccc(C(=O)NCCC(=O)N2CCCC2)o1. The van der Waals surface area contributed by atoms with Crippen LogP contribution in [0.4, 0.5) is 0 Å². The molecule has 0 aliphatic carbocycles. The van der Waals surface area contributed by atoms with Crippen molar-refractivity contribution in [1.82, 2.24) is 10.2 Å². The monoisotopic (exact) mass is 280 g/mol. The lowest BCUT2D eigenvalue weighted by Gasteiger charge is -2.14. The van der Waals surface area contributed by atoms with Crippen molar-refractivity contribution in [3.05, 3.63) is 23.7 Å². The van der Waals surface area contributed by atoms with Gasteiger partial charge in [0.1, 0.15) is 12.4 Å². The van der Waals surface area contributed by atoms with Gasteiger partial charge in [-0.1, -0.05) is 0 Å². The number of carbonyl (C=O) groups excluding carboxylic acids is 2. The minimum atomic E-state index is -0.304. The normalized spacial score (nSPS) is 14.6. The fourth-order valence-electron chi connectivity index (χ4n) is 2.21. The van der Waals surface area contributed by atoms with E-state index in [1.165, 1.54) is 0 Å². The number of nitrogens with zero attached hydrogens (tertiary/aromatic N) is 1. The number of rotatable bonds is 6. The highest BCUT2D eigenvalue weighted by Crippen LogP contribution is 2.10. The molecule has 0 bridgehead atoms. The molecule has 1 saturated heterocycles. The van der Waals surface area contributed by atoms with Crippen molar-refractivity contribution in [3.63, 3.8) is 0 Å². The number of likely N-dealkylation sites (tertiary alicyclic amines) is 1. The third-order valence-electron chi connectivity index (χ3n) is 3.26. The van der Waals surface area contributed by atoms with Gasteiger partial charge in [0.15, 0.2) is 5.76 Å². The molecule has 1 aromatic rings. The predicted octanol–water partition coefficient (Wildman–Crippen LogP) is 1.17. The minimum Gasteiger partial charge on any atom is -0.453 e. The van der Waals surface area contributed by atoms with E-state index in [0.29, 0.717) is 25.3 Å². The predicted molar refractivity (Wildman–Crippen MR) is 72.2 cm³/mol. The zero-order valence-electron chi connectivity index (χ0n) is 11.7. The van der Waals surface area contributed by atoms with Gasteiger partial charge < -0.3 is 19.4 Å². The van der Waals surface area contributed by atoms with Crippen LogP contribution in [-0.4, -0.2) is 43.5 Å². The Labute approximate surface area is 118 Å². The van der Waals surface area contributed by atoms with Gasteiger partial charge in [0.25, 0.3) is 5.91 Å². The number of furan rings is 1. The molecule has 2 amide bonds. The molecule has 1 aromatic heterocycles. The second-order valence-corrected chi connectivity index (χ2v) is 4.79. The van der Waals surface area contributed by atoms with Crippen molar-refractivity contribution in [2.24, 2.45) is 0 Å². The zero-order valence-corrected chi connectivity index (χ0v) is 11.7. The van der Waals surface area contributed by atoms with Crippen LogP contribution in [0.2, 0.25) is 0 Å². The van der Waals surface area contributed by atoms with Crippen LogP contribution in [0.1, 0.15) is 35.6 Å². The second-order valence-electron chi connectivity index (χ2n) is 4.79. The summed E-state index contributed by atoms with van der Waals surface area (Å²) in [5.41, 5.74) is 0. The first-order chi connectivity index (χ1) is 9.70. The molecule has 0 saturated carbocycles. The van der Waals surface area contributed by atoms with Crippen LogP contribution in [0.15, 0.2) is 16.5 Å². The highest BCUT2D eigenvalue weighted by molar-refractivity contribution is 5.91. The van der Waals surface area contributed by atoms with Gasteiger partial charge in [-0.3, -0.25) is 9.59 Å². The molecule has 2 rings (SSSR count). The van der Waals surface area contributed by atoms with Crippen LogP contribution in [0.5, 0.6) is 0 Å². The third kappa shape index (κ3) is 3.84. The lowest BCUT2D eigenvalue weighted by molar-refractivity contribution is -0.129. The Morgan fingerprint density at radius 3 is 2.80 bits per heavy atom. The van der Waals surface area contributed by atoms with Crippen LogP contribution in [0, 0.1) is 0 Å². The number of hydrogen-bond acceptors (Lipinski definition) is 4. The van der Waals surface area contributed by atoms with Crippen molar-refractivity contribution in [2.75, 3.05) is 26.7 Å². The summed E-state index contributed by atoms with van der Waals surface area (Å²) in [5.74, 6) is 0.639. The molecule has 0 radical (unpaired) electrons. The average molecular weight is 280 g/mol. The van der Waals surface area contributed by atoms with Gasteiger partial charge >= 0.3 is 0 Å². The van der Waals surface area contributed by atoms with Gasteiger partial charge in [0, 0.05) is 33.2 Å². The van der Waals surface area contributed by atoms with Crippen molar-refractivity contribution < 1.29 is 18.7 Å². The van der Waals surface area contributed by atoms with E-state index in [1.54, 1.807) is 19.2 Å². The highest BCUT2D eigenvalue weighted by Gasteiger charge is 2.18. The van der Waals surface area contributed by atoms with Crippen molar-refractivity contribution in [2.45, 2.75) is 25.9 Å². The maximum absolute atomic E-state index is 11.8. The maximum atomic E-state index is 11.8. The van der Waals surface area contributed by atoms with E-state index in [1.807, 2.05) is 4.90 Å². The first-order valence-electron chi connectivity index (χ1n) is 6.84. The molecule has 0 unspecified atom stereocenters. The summed E-state index contributed by atoms with van der Waals surface area (Å²) in [4.78, 5) is 25.4. The molecule has 110 valence electrons. The Balaban J connectivity index is 1.72. The van der Waals surface area contributed by atoms with Crippen LogP contribution in [-0.2, 0) is 16.1 Å². The minimum absolute atomic E-state index is 0.0994. The third-order valence-corrected chi connectivity index (χ3v) is 3.26. The molecule has 1 aliphatic heterocycles. The van der Waals surface area contributed by atoms with E-state index in [9.17, 15) is 9.59 Å². The first kappa shape index (κ1) is 14.6. The van der Waals surface area contributed by atoms with E-state index in [-0.39, 0.29) is 17.6 Å². The average Bonchev–Trinajstić information content (AvgIpc) is 3.10. The Morgan fingerprint density at radius 2 is 2.10 bits per heavy atom. The van der Waals surface area contributed by atoms with E-state index in [0.717, 1.165) is 25.9 Å². The molecule has 0 atom stereocenters. The van der Waals surface area contributed by atoms with Gasteiger partial charge in [-0.25, -0.2) is 0 Å². The summed E-state index contributed by atoms with van der Waals surface area (Å²) in [7, 11) is 1.56. The maximum Gasteiger partial charge on any atom is 0.287 e. The Morgan fingerprint density at radius 1 is 1.35 bits per heavy atom. The van der Waals surface area contributed by atoms with Crippen molar-refractivity contribution in [3.8, 4) is 0 Å². The second kappa shape index (κ2) is 7.09. The summed E-state index contributed by atoms with van der Waals surface area (Å²) >= 11 is 0. The molecular weight excluding hydrogens is 260 g/mol. The van der Waals surface area contributed by atoms with Crippen LogP contribution < -0.4 is 5.32 Å². The molecule has 1 fully saturated rings. The molecule has 2 heterocycles. The molecule has 0 spiro atoms. The fraction of sp³-hybridized carbons (Fsp3) is 0.571. The number of nitrogens with one attached hydrogen (secondary N) is 1. The largest absolute Gasteiger partial charge is 0.453 e. The Kier molecular flexibility index (Phi) is 5.17. The zero-order chi connectivity index (χ0) is 14.4. The van der Waals surface area contributed by atoms with E-state index in [2.05, 4.69) is 5.32 Å². The number of hydrogen-bond donors (Lipinski definition) is 1. The standard InChI is InChI=1S/C14H20N2O4/c1-19-10-11-4-5-12(20-11)14(18)15-7-6-13(17)16-8-2-3-9-16/h4-5H,2-3,6-10H2,1H3,(H,15,18). The molecule has 1 N–H and O–H groups in total. The van der Waals surface area contributed by atoms with Gasteiger partial charge in [0.2, 0.25) is 5.91 Å².